The Balaban J connectivity index is 1.61. The van der Waals surface area contributed by atoms with Gasteiger partial charge in [0.15, 0.2) is 5.82 Å². The summed E-state index contributed by atoms with van der Waals surface area (Å²) in [6.07, 6.45) is 1.53. The van der Waals surface area contributed by atoms with Crippen molar-refractivity contribution in [2.24, 2.45) is 5.92 Å². The van der Waals surface area contributed by atoms with Crippen LogP contribution in [0.5, 0.6) is 0 Å². The van der Waals surface area contributed by atoms with Crippen LogP contribution in [-0.2, 0) is 4.79 Å². The number of H-pyrrole nitrogens is 2. The third kappa shape index (κ3) is 4.33. The summed E-state index contributed by atoms with van der Waals surface area (Å²) >= 11 is 6.11. The molecule has 4 aromatic rings. The molecule has 0 bridgehead atoms. The number of carbonyl (C=O) groups excluding carboxylic acids is 2. The summed E-state index contributed by atoms with van der Waals surface area (Å²) in [5.74, 6) is -0.0631. The molecule has 0 radical (unpaired) electrons. The average molecular weight is 452 g/mol. The number of nitrogens with one attached hydrogen (secondary N) is 4. The summed E-state index contributed by atoms with van der Waals surface area (Å²) in [5.41, 5.74) is 2.73. The smallest absolute Gasteiger partial charge is 0.272 e. The first-order valence-corrected chi connectivity index (χ1v) is 10.7. The molecule has 0 spiro atoms. The first-order valence-electron chi connectivity index (χ1n) is 10.3. The number of fused-ring (bicyclic) bond motifs is 1. The summed E-state index contributed by atoms with van der Waals surface area (Å²) in [5, 5.41) is 20.9. The van der Waals surface area contributed by atoms with E-state index in [9.17, 15) is 9.59 Å². The zero-order valence-electron chi connectivity index (χ0n) is 17.6. The number of hydrogen-bond donors (Lipinski definition) is 4. The van der Waals surface area contributed by atoms with E-state index in [2.05, 4.69) is 36.2 Å². The van der Waals surface area contributed by atoms with Crippen LogP contribution in [0.4, 0.5) is 11.4 Å². The number of halogens is 1. The van der Waals surface area contributed by atoms with Crippen LogP contribution in [-0.4, -0.2) is 37.4 Å². The van der Waals surface area contributed by atoms with Crippen LogP contribution < -0.4 is 10.6 Å². The van der Waals surface area contributed by atoms with Crippen LogP contribution in [0.3, 0.4) is 0 Å². The fourth-order valence-electron chi connectivity index (χ4n) is 3.56. The number of nitrogens with zero attached hydrogens (tertiary/aromatic N) is 3. The lowest BCUT2D eigenvalue weighted by Crippen LogP contribution is -2.21. The maximum absolute atomic E-state index is 13.0. The Morgan fingerprint density at radius 3 is 2.59 bits per heavy atom. The molecule has 9 nitrogen and oxygen atoms in total. The number of amides is 2. The molecular formula is C22H22ClN7O2. The van der Waals surface area contributed by atoms with Crippen molar-refractivity contribution in [1.82, 2.24) is 25.6 Å². The molecule has 0 aliphatic rings. The van der Waals surface area contributed by atoms with Crippen molar-refractivity contribution < 1.29 is 9.59 Å². The number of para-hydroxylation sites is 1. The Kier molecular flexibility index (Phi) is 6.18. The second kappa shape index (κ2) is 9.19. The fourth-order valence-corrected chi connectivity index (χ4v) is 3.73. The molecule has 32 heavy (non-hydrogen) atoms. The lowest BCUT2D eigenvalue weighted by Gasteiger charge is -2.13. The molecule has 0 unspecified atom stereocenters. The predicted octanol–water partition coefficient (Wildman–Crippen LogP) is 4.63. The number of benzene rings is 2. The number of aromatic nitrogens is 5. The highest BCUT2D eigenvalue weighted by molar-refractivity contribution is 6.31. The highest BCUT2D eigenvalue weighted by Crippen LogP contribution is 2.29. The standard InChI is InChI=1S/C22H22ClN7O2/c1-3-12(4-2)21(31)26-17-7-5-6-13-10-18(24-19(13)17)22(32)25-16-9-8-14(23)11-15(16)20-27-29-30-28-20/h5-12,24H,3-4H2,1-2H3,(H,25,32)(H,26,31)(H,27,28,29,30). The van der Waals surface area contributed by atoms with Gasteiger partial charge in [0.1, 0.15) is 5.69 Å². The minimum atomic E-state index is -0.352. The van der Waals surface area contributed by atoms with E-state index < -0.39 is 0 Å². The van der Waals surface area contributed by atoms with Gasteiger partial charge >= 0.3 is 0 Å². The van der Waals surface area contributed by atoms with Crippen molar-refractivity contribution in [1.29, 1.82) is 0 Å². The molecule has 0 aliphatic heterocycles. The Bertz CT molecular complexity index is 1260. The van der Waals surface area contributed by atoms with Gasteiger partial charge in [-0.25, -0.2) is 5.10 Å². The van der Waals surface area contributed by atoms with E-state index in [-0.39, 0.29) is 17.7 Å². The Morgan fingerprint density at radius 1 is 1.06 bits per heavy atom. The molecule has 164 valence electrons. The number of carbonyl (C=O) groups is 2. The molecule has 4 rings (SSSR count). The summed E-state index contributed by atoms with van der Waals surface area (Å²) in [4.78, 5) is 28.7. The largest absolute Gasteiger partial charge is 0.349 e. The SMILES string of the molecule is CCC(CC)C(=O)Nc1cccc2cc(C(=O)Nc3ccc(Cl)cc3-c3nnn[nH]3)[nH]c12. The lowest BCUT2D eigenvalue weighted by molar-refractivity contribution is -0.120. The van der Waals surface area contributed by atoms with Gasteiger partial charge in [-0.2, -0.15) is 0 Å². The van der Waals surface area contributed by atoms with Crippen LogP contribution in [0.2, 0.25) is 5.02 Å². The third-order valence-corrected chi connectivity index (χ3v) is 5.58. The second-order valence-electron chi connectivity index (χ2n) is 7.35. The van der Waals surface area contributed by atoms with Crippen molar-refractivity contribution in [3.63, 3.8) is 0 Å². The van der Waals surface area contributed by atoms with Gasteiger partial charge in [0.2, 0.25) is 5.91 Å². The van der Waals surface area contributed by atoms with Gasteiger partial charge in [0.05, 0.1) is 16.9 Å². The quantitative estimate of drug-likeness (QED) is 0.325. The predicted molar refractivity (Wildman–Crippen MR) is 124 cm³/mol. The summed E-state index contributed by atoms with van der Waals surface area (Å²) in [6, 6.07) is 12.3. The van der Waals surface area contributed by atoms with Gasteiger partial charge in [-0.05, 0) is 53.6 Å². The zero-order valence-corrected chi connectivity index (χ0v) is 18.3. The van der Waals surface area contributed by atoms with Crippen molar-refractivity contribution in [2.45, 2.75) is 26.7 Å². The van der Waals surface area contributed by atoms with E-state index in [0.717, 1.165) is 18.2 Å². The first-order chi connectivity index (χ1) is 15.5. The molecule has 0 saturated heterocycles. The minimum absolute atomic E-state index is 0.0328. The zero-order chi connectivity index (χ0) is 22.7. The number of rotatable bonds is 7. The lowest BCUT2D eigenvalue weighted by atomic mass is 10.0. The fraction of sp³-hybridized carbons (Fsp3) is 0.227. The molecule has 4 N–H and O–H groups in total. The van der Waals surface area contributed by atoms with E-state index in [4.69, 9.17) is 11.6 Å². The van der Waals surface area contributed by atoms with Crippen molar-refractivity contribution in [3.8, 4) is 11.4 Å². The number of aromatic amines is 2. The molecular weight excluding hydrogens is 430 g/mol. The number of hydrogen-bond acceptors (Lipinski definition) is 5. The van der Waals surface area contributed by atoms with Gasteiger partial charge in [-0.15, -0.1) is 5.10 Å². The van der Waals surface area contributed by atoms with Crippen LogP contribution in [0.15, 0.2) is 42.5 Å². The highest BCUT2D eigenvalue weighted by atomic mass is 35.5. The van der Waals surface area contributed by atoms with Crippen LogP contribution in [0.1, 0.15) is 37.2 Å². The minimum Gasteiger partial charge on any atom is -0.349 e. The third-order valence-electron chi connectivity index (χ3n) is 5.35. The molecule has 2 aromatic heterocycles. The van der Waals surface area contributed by atoms with Gasteiger partial charge in [-0.3, -0.25) is 9.59 Å². The normalized spacial score (nSPS) is 11.1. The van der Waals surface area contributed by atoms with Gasteiger partial charge in [0.25, 0.3) is 5.91 Å². The first kappa shape index (κ1) is 21.5. The molecule has 0 fully saturated rings. The monoisotopic (exact) mass is 451 g/mol. The molecule has 10 heteroatoms. The number of tetrazole rings is 1. The van der Waals surface area contributed by atoms with E-state index in [1.54, 1.807) is 24.3 Å². The van der Waals surface area contributed by atoms with Crippen LogP contribution in [0.25, 0.3) is 22.3 Å². The Morgan fingerprint density at radius 2 is 1.88 bits per heavy atom. The average Bonchev–Trinajstić information content (AvgIpc) is 3.46. The molecule has 2 amide bonds. The van der Waals surface area contributed by atoms with Crippen LogP contribution >= 0.6 is 11.6 Å². The van der Waals surface area contributed by atoms with Gasteiger partial charge < -0.3 is 15.6 Å². The Labute approximate surface area is 188 Å². The van der Waals surface area contributed by atoms with E-state index in [1.165, 1.54) is 0 Å². The maximum atomic E-state index is 13.0. The molecule has 0 aliphatic carbocycles. The number of anilines is 2. The summed E-state index contributed by atoms with van der Waals surface area (Å²) in [7, 11) is 0. The summed E-state index contributed by atoms with van der Waals surface area (Å²) < 4.78 is 0. The maximum Gasteiger partial charge on any atom is 0.272 e. The van der Waals surface area contributed by atoms with E-state index >= 15 is 0 Å². The van der Waals surface area contributed by atoms with Crippen molar-refractivity contribution in [2.75, 3.05) is 10.6 Å². The molecule has 2 heterocycles. The topological polar surface area (TPSA) is 128 Å². The summed E-state index contributed by atoms with van der Waals surface area (Å²) in [6.45, 7) is 3.98. The highest BCUT2D eigenvalue weighted by Gasteiger charge is 2.18. The van der Waals surface area contributed by atoms with E-state index in [1.807, 2.05) is 32.0 Å². The molecule has 2 aromatic carbocycles. The van der Waals surface area contributed by atoms with Crippen molar-refractivity contribution in [3.05, 3.63) is 53.2 Å². The van der Waals surface area contributed by atoms with Gasteiger partial charge in [-0.1, -0.05) is 37.6 Å². The Hall–Kier alpha value is -3.72. The van der Waals surface area contributed by atoms with Crippen molar-refractivity contribution >= 4 is 45.7 Å². The van der Waals surface area contributed by atoms with Gasteiger partial charge in [0, 0.05) is 21.9 Å². The van der Waals surface area contributed by atoms with E-state index in [0.29, 0.717) is 39.0 Å². The molecule has 0 atom stereocenters. The van der Waals surface area contributed by atoms with Crippen LogP contribution in [0, 0.1) is 5.92 Å². The second-order valence-corrected chi connectivity index (χ2v) is 7.79. The molecule has 0 saturated carbocycles.